The zero-order valence-electron chi connectivity index (χ0n) is 14.3. The first kappa shape index (κ1) is 25.2. The first-order chi connectivity index (χ1) is 11.8. The molecule has 0 bridgehead atoms. The molecule has 140 valence electrons. The second-order valence-corrected chi connectivity index (χ2v) is 5.14. The van der Waals surface area contributed by atoms with E-state index in [4.69, 9.17) is 15.3 Å². The predicted octanol–water partition coefficient (Wildman–Crippen LogP) is 2.18. The summed E-state index contributed by atoms with van der Waals surface area (Å²) in [4.78, 5) is 20.2. The Balaban J connectivity index is 0. The van der Waals surface area contributed by atoms with Crippen molar-refractivity contribution in [1.82, 2.24) is 0 Å². The van der Waals surface area contributed by atoms with Crippen molar-refractivity contribution in [3.05, 3.63) is 54.6 Å². The number of hydrogen-bond acceptors (Lipinski definition) is 6. The zero-order valence-corrected chi connectivity index (χ0v) is 15.2. The maximum Gasteiger partial charge on any atom is 0.333 e. The van der Waals surface area contributed by atoms with E-state index in [1.807, 2.05) is 36.4 Å². The second kappa shape index (κ2) is 16.8. The molecule has 3 N–H and O–H groups in total. The molecule has 1 rings (SSSR count). The molecule has 1 aromatic rings. The molecule has 0 saturated heterocycles. The minimum absolute atomic E-state index is 0.156. The normalized spacial score (nSPS) is 10.1. The van der Waals surface area contributed by atoms with Crippen molar-refractivity contribution in [3.8, 4) is 0 Å². The van der Waals surface area contributed by atoms with E-state index in [1.165, 1.54) is 12.5 Å². The number of aliphatic hydroxyl groups excluding tert-OH is 2. The lowest BCUT2D eigenvalue weighted by molar-refractivity contribution is -0.142. The van der Waals surface area contributed by atoms with E-state index < -0.39 is 24.6 Å². The summed E-state index contributed by atoms with van der Waals surface area (Å²) in [5, 5.41) is 24.9. The third kappa shape index (κ3) is 18.1. The largest absolute Gasteiger partial charge is 0.481 e. The summed E-state index contributed by atoms with van der Waals surface area (Å²) in [6.07, 6.45) is 0.988. The number of ether oxygens (including phenoxy) is 1. The molecule has 0 amide bonds. The van der Waals surface area contributed by atoms with Gasteiger partial charge in [0.25, 0.3) is 0 Å². The van der Waals surface area contributed by atoms with Crippen LogP contribution in [0.25, 0.3) is 6.08 Å². The Kier molecular flexibility index (Phi) is 16.9. The van der Waals surface area contributed by atoms with Crippen LogP contribution in [0.3, 0.4) is 0 Å². The summed E-state index contributed by atoms with van der Waals surface area (Å²) >= 11 is 3.68. The molecule has 0 aliphatic rings. The van der Waals surface area contributed by atoms with Gasteiger partial charge in [0.2, 0.25) is 0 Å². The van der Waals surface area contributed by atoms with Gasteiger partial charge in [-0.1, -0.05) is 49.6 Å². The number of rotatable bonds is 7. The van der Waals surface area contributed by atoms with E-state index in [2.05, 4.69) is 30.5 Å². The Morgan fingerprint density at radius 2 is 1.88 bits per heavy atom. The first-order valence-electron chi connectivity index (χ1n) is 7.40. The van der Waals surface area contributed by atoms with Crippen LogP contribution in [0.1, 0.15) is 18.9 Å². The fourth-order valence-electron chi connectivity index (χ4n) is 1.03. The van der Waals surface area contributed by atoms with Gasteiger partial charge in [0.15, 0.2) is 0 Å². The molecule has 0 saturated carbocycles. The number of carbonyl (C=O) groups excluding carboxylic acids is 1. The third-order valence-electron chi connectivity index (χ3n) is 2.33. The molecular formula is C18H26O6S. The first-order valence-corrected chi connectivity index (χ1v) is 8.03. The Morgan fingerprint density at radius 3 is 2.16 bits per heavy atom. The number of carboxylic acids is 1. The van der Waals surface area contributed by atoms with E-state index in [9.17, 15) is 9.59 Å². The van der Waals surface area contributed by atoms with Crippen LogP contribution in [-0.4, -0.2) is 52.3 Å². The van der Waals surface area contributed by atoms with Gasteiger partial charge in [-0.05, 0) is 12.5 Å². The van der Waals surface area contributed by atoms with Gasteiger partial charge in [-0.3, -0.25) is 4.79 Å². The number of hydrogen-bond donors (Lipinski definition) is 4. The lowest BCUT2D eigenvalue weighted by Crippen LogP contribution is -2.22. The van der Waals surface area contributed by atoms with Crippen LogP contribution in [-0.2, 0) is 14.3 Å². The van der Waals surface area contributed by atoms with Crippen molar-refractivity contribution >= 4 is 30.6 Å². The number of esters is 1. The van der Waals surface area contributed by atoms with Gasteiger partial charge in [-0.25, -0.2) is 4.79 Å². The van der Waals surface area contributed by atoms with Gasteiger partial charge in [-0.15, -0.1) is 0 Å². The molecule has 0 fully saturated rings. The maximum atomic E-state index is 10.6. The monoisotopic (exact) mass is 370 g/mol. The number of carboxylic acid groups (broad SMARTS) is 1. The topological polar surface area (TPSA) is 104 Å². The number of aliphatic hydroxyl groups is 2. The summed E-state index contributed by atoms with van der Waals surface area (Å²) in [6, 6.07) is 10.0. The van der Waals surface area contributed by atoms with Crippen molar-refractivity contribution < 1.29 is 29.6 Å². The van der Waals surface area contributed by atoms with Crippen LogP contribution in [0.2, 0.25) is 0 Å². The van der Waals surface area contributed by atoms with E-state index in [1.54, 1.807) is 0 Å². The molecule has 0 aliphatic carbocycles. The number of benzene rings is 1. The van der Waals surface area contributed by atoms with E-state index in [0.717, 1.165) is 0 Å². The molecular weight excluding hydrogens is 344 g/mol. The van der Waals surface area contributed by atoms with Crippen molar-refractivity contribution in [3.63, 3.8) is 0 Å². The van der Waals surface area contributed by atoms with Gasteiger partial charge in [0.05, 0.1) is 13.0 Å². The molecule has 0 heterocycles. The van der Waals surface area contributed by atoms with Gasteiger partial charge < -0.3 is 20.1 Å². The summed E-state index contributed by atoms with van der Waals surface area (Å²) in [5.74, 6) is -0.919. The quantitative estimate of drug-likeness (QED) is 0.333. The minimum Gasteiger partial charge on any atom is -0.481 e. The Morgan fingerprint density at radius 1 is 1.32 bits per heavy atom. The van der Waals surface area contributed by atoms with Gasteiger partial charge in [0, 0.05) is 11.3 Å². The van der Waals surface area contributed by atoms with E-state index in [-0.39, 0.29) is 18.6 Å². The Bertz CT molecular complexity index is 516. The standard InChI is InChI=1S/C8H8.C7H12O4.C3H6O2S/c1-2-8-6-4-3-5-7-8;1-5(2)7(10)11-4-6(9)3-8;4-3(5)1-2-6/h2-7H,1H2;6,8-9H,1,3-4H2,2H3;6H,1-2H2,(H,4,5). The molecule has 0 radical (unpaired) electrons. The van der Waals surface area contributed by atoms with E-state index in [0.29, 0.717) is 5.75 Å². The highest BCUT2D eigenvalue weighted by atomic mass is 32.1. The van der Waals surface area contributed by atoms with E-state index >= 15 is 0 Å². The van der Waals surface area contributed by atoms with Gasteiger partial charge >= 0.3 is 11.9 Å². The molecule has 6 nitrogen and oxygen atoms in total. The molecule has 0 aliphatic heterocycles. The Labute approximate surface area is 153 Å². The van der Waals surface area contributed by atoms with Crippen molar-refractivity contribution in [2.75, 3.05) is 19.0 Å². The van der Waals surface area contributed by atoms with Crippen molar-refractivity contribution in [1.29, 1.82) is 0 Å². The average molecular weight is 370 g/mol. The molecule has 1 atom stereocenters. The number of aliphatic carboxylic acids is 1. The SMILES string of the molecule is C=C(C)C(=O)OCC(O)CO.C=Cc1ccccc1.O=C(O)CCS. The molecule has 1 aromatic carbocycles. The summed E-state index contributed by atoms with van der Waals surface area (Å²) in [6.45, 7) is 7.87. The van der Waals surface area contributed by atoms with Gasteiger partial charge in [-0.2, -0.15) is 12.6 Å². The molecule has 1 unspecified atom stereocenters. The maximum absolute atomic E-state index is 10.6. The van der Waals surface area contributed by atoms with Crippen LogP contribution in [0, 0.1) is 0 Å². The highest BCUT2D eigenvalue weighted by Crippen LogP contribution is 1.97. The smallest absolute Gasteiger partial charge is 0.333 e. The summed E-state index contributed by atoms with van der Waals surface area (Å²) in [5.41, 5.74) is 1.45. The average Bonchev–Trinajstić information content (AvgIpc) is 2.60. The number of thiol groups is 1. The summed E-state index contributed by atoms with van der Waals surface area (Å²) in [7, 11) is 0. The van der Waals surface area contributed by atoms with Crippen molar-refractivity contribution in [2.24, 2.45) is 0 Å². The lowest BCUT2D eigenvalue weighted by atomic mass is 10.2. The molecule has 0 aromatic heterocycles. The highest BCUT2D eigenvalue weighted by Gasteiger charge is 2.07. The fraction of sp³-hybridized carbons (Fsp3) is 0.333. The lowest BCUT2D eigenvalue weighted by Gasteiger charge is -2.07. The number of carbonyl (C=O) groups is 2. The second-order valence-electron chi connectivity index (χ2n) is 4.70. The zero-order chi connectivity index (χ0) is 19.7. The Hall–Kier alpha value is -2.09. The predicted molar refractivity (Wildman–Crippen MR) is 102 cm³/mol. The van der Waals surface area contributed by atoms with Crippen LogP contribution in [0.15, 0.2) is 49.1 Å². The summed E-state index contributed by atoms with van der Waals surface area (Å²) < 4.78 is 4.51. The highest BCUT2D eigenvalue weighted by molar-refractivity contribution is 7.80. The minimum atomic E-state index is -1.00. The molecule has 25 heavy (non-hydrogen) atoms. The van der Waals surface area contributed by atoms with Crippen LogP contribution < -0.4 is 0 Å². The van der Waals surface area contributed by atoms with Crippen LogP contribution >= 0.6 is 12.6 Å². The van der Waals surface area contributed by atoms with Gasteiger partial charge in [0.1, 0.15) is 12.7 Å². The third-order valence-corrected chi connectivity index (χ3v) is 2.55. The molecule has 7 heteroatoms. The molecule has 0 spiro atoms. The van der Waals surface area contributed by atoms with Crippen molar-refractivity contribution in [2.45, 2.75) is 19.4 Å². The van der Waals surface area contributed by atoms with Crippen LogP contribution in [0.4, 0.5) is 0 Å². The van der Waals surface area contributed by atoms with Crippen LogP contribution in [0.5, 0.6) is 0 Å². The fourth-order valence-corrected chi connectivity index (χ4v) is 1.22.